The van der Waals surface area contributed by atoms with Gasteiger partial charge in [0, 0.05) is 25.0 Å². The van der Waals surface area contributed by atoms with Gasteiger partial charge in [-0.3, -0.25) is 10.00 Å². The molecule has 4 rings (SSSR count). The number of hydrogen-bond acceptors (Lipinski definition) is 5. The Hall–Kier alpha value is -2.54. The van der Waals surface area contributed by atoms with Crippen LogP contribution in [0.5, 0.6) is 11.5 Å². The maximum Gasteiger partial charge on any atom is 0.161 e. The fourth-order valence-electron chi connectivity index (χ4n) is 3.30. The average molecular weight is 416 g/mol. The van der Waals surface area contributed by atoms with Gasteiger partial charge in [-0.1, -0.05) is 30.3 Å². The lowest BCUT2D eigenvalue weighted by Gasteiger charge is -2.26. The number of hydrogen-bond donors (Lipinski definition) is 1. The van der Waals surface area contributed by atoms with Crippen molar-refractivity contribution in [2.75, 3.05) is 46.6 Å². The van der Waals surface area contributed by atoms with Gasteiger partial charge in [-0.05, 0) is 29.8 Å². The first-order chi connectivity index (χ1) is 13.8. The van der Waals surface area contributed by atoms with Gasteiger partial charge in [-0.25, -0.2) is 0 Å². The summed E-state index contributed by atoms with van der Waals surface area (Å²) in [5.41, 5.74) is 2.98. The summed E-state index contributed by atoms with van der Waals surface area (Å²) in [5.74, 6) is 1.49. The van der Waals surface area contributed by atoms with E-state index in [-0.39, 0.29) is 12.4 Å². The van der Waals surface area contributed by atoms with E-state index in [1.54, 1.807) is 7.11 Å². The number of methoxy groups -OCH3 is 1. The van der Waals surface area contributed by atoms with Gasteiger partial charge in [0.25, 0.3) is 0 Å². The molecule has 1 aromatic heterocycles. The standard InChI is InChI=1S/C22H25N3O3.ClH/c1-26-22-16-17(6-8-20-18-4-2-3-5-19(18)23-24-20)7-9-21(22)28-15-12-25-10-13-27-14-11-25;/h2-9,16H,10-15H2,1H3,(H,23,24);1H/b8-6+;. The second-order valence-corrected chi connectivity index (χ2v) is 6.70. The molecule has 0 amide bonds. The van der Waals surface area contributed by atoms with E-state index in [0.717, 1.165) is 66.5 Å². The van der Waals surface area contributed by atoms with Crippen LogP contribution in [0.2, 0.25) is 0 Å². The lowest BCUT2D eigenvalue weighted by molar-refractivity contribution is 0.0321. The normalized spacial score (nSPS) is 14.8. The minimum Gasteiger partial charge on any atom is -0.493 e. The number of nitrogens with one attached hydrogen (secondary N) is 1. The highest BCUT2D eigenvalue weighted by molar-refractivity contribution is 5.89. The number of rotatable bonds is 7. The summed E-state index contributed by atoms with van der Waals surface area (Å²) in [6, 6.07) is 14.1. The highest BCUT2D eigenvalue weighted by atomic mass is 35.5. The third-order valence-corrected chi connectivity index (χ3v) is 4.89. The number of fused-ring (bicyclic) bond motifs is 1. The van der Waals surface area contributed by atoms with E-state index in [0.29, 0.717) is 6.61 Å². The molecule has 0 aliphatic carbocycles. The summed E-state index contributed by atoms with van der Waals surface area (Å²) in [6.45, 7) is 5.05. The fraction of sp³-hybridized carbons (Fsp3) is 0.318. The number of para-hydroxylation sites is 1. The Morgan fingerprint density at radius 3 is 2.76 bits per heavy atom. The van der Waals surface area contributed by atoms with Crippen LogP contribution in [0.15, 0.2) is 42.5 Å². The molecule has 0 radical (unpaired) electrons. The number of morpholine rings is 1. The third-order valence-electron chi connectivity index (χ3n) is 4.89. The van der Waals surface area contributed by atoms with E-state index < -0.39 is 0 Å². The molecule has 1 saturated heterocycles. The maximum absolute atomic E-state index is 5.94. The molecule has 6 nitrogen and oxygen atoms in total. The Kier molecular flexibility index (Phi) is 7.52. The van der Waals surface area contributed by atoms with E-state index in [9.17, 15) is 0 Å². The third kappa shape index (κ3) is 5.29. The molecule has 7 heteroatoms. The van der Waals surface area contributed by atoms with Crippen LogP contribution >= 0.6 is 12.4 Å². The van der Waals surface area contributed by atoms with Gasteiger partial charge in [0.2, 0.25) is 0 Å². The number of halogens is 1. The van der Waals surface area contributed by atoms with E-state index >= 15 is 0 Å². The van der Waals surface area contributed by atoms with Crippen LogP contribution in [0.3, 0.4) is 0 Å². The smallest absolute Gasteiger partial charge is 0.161 e. The molecule has 29 heavy (non-hydrogen) atoms. The van der Waals surface area contributed by atoms with E-state index in [4.69, 9.17) is 14.2 Å². The van der Waals surface area contributed by atoms with E-state index in [1.807, 2.05) is 48.6 Å². The summed E-state index contributed by atoms with van der Waals surface area (Å²) in [4.78, 5) is 2.35. The van der Waals surface area contributed by atoms with Crippen LogP contribution in [0.4, 0.5) is 0 Å². The Bertz CT molecular complexity index is 951. The lowest BCUT2D eigenvalue weighted by atomic mass is 10.1. The van der Waals surface area contributed by atoms with Crippen LogP contribution in [0.1, 0.15) is 11.3 Å². The van der Waals surface area contributed by atoms with Crippen molar-refractivity contribution in [3.8, 4) is 11.5 Å². The van der Waals surface area contributed by atoms with E-state index in [1.165, 1.54) is 0 Å². The predicted molar refractivity (Wildman–Crippen MR) is 118 cm³/mol. The number of aromatic amines is 1. The zero-order valence-corrected chi connectivity index (χ0v) is 17.3. The zero-order chi connectivity index (χ0) is 19.2. The van der Waals surface area contributed by atoms with Crippen LogP contribution in [0, 0.1) is 0 Å². The molecule has 0 saturated carbocycles. The average Bonchev–Trinajstić information content (AvgIpc) is 3.17. The van der Waals surface area contributed by atoms with Crippen molar-refractivity contribution in [1.29, 1.82) is 0 Å². The quantitative estimate of drug-likeness (QED) is 0.634. The van der Waals surface area contributed by atoms with Gasteiger partial charge >= 0.3 is 0 Å². The Morgan fingerprint density at radius 1 is 1.10 bits per heavy atom. The molecule has 3 aromatic rings. The van der Waals surface area contributed by atoms with Crippen molar-refractivity contribution in [2.24, 2.45) is 0 Å². The molecule has 1 aliphatic rings. The molecular formula is C22H26ClN3O3. The van der Waals surface area contributed by atoms with Gasteiger partial charge < -0.3 is 14.2 Å². The molecule has 154 valence electrons. The van der Waals surface area contributed by atoms with Crippen LogP contribution in [-0.4, -0.2) is 61.7 Å². The minimum absolute atomic E-state index is 0. The molecule has 1 N–H and O–H groups in total. The van der Waals surface area contributed by atoms with Crippen LogP contribution < -0.4 is 9.47 Å². The molecule has 0 unspecified atom stereocenters. The molecule has 0 spiro atoms. The van der Waals surface area contributed by atoms with Crippen molar-refractivity contribution in [3.63, 3.8) is 0 Å². The summed E-state index contributed by atoms with van der Waals surface area (Å²) in [5, 5.41) is 8.53. The topological polar surface area (TPSA) is 59.6 Å². The number of H-pyrrole nitrogens is 1. The Labute approximate surface area is 176 Å². The van der Waals surface area contributed by atoms with E-state index in [2.05, 4.69) is 21.2 Å². The fourth-order valence-corrected chi connectivity index (χ4v) is 3.30. The van der Waals surface area contributed by atoms with Gasteiger partial charge in [0.15, 0.2) is 11.5 Å². The van der Waals surface area contributed by atoms with Gasteiger partial charge in [0.05, 0.1) is 31.5 Å². The van der Waals surface area contributed by atoms with Crippen LogP contribution in [0.25, 0.3) is 23.1 Å². The molecule has 1 aliphatic heterocycles. The van der Waals surface area contributed by atoms with Gasteiger partial charge in [0.1, 0.15) is 6.61 Å². The summed E-state index contributed by atoms with van der Waals surface area (Å²) >= 11 is 0. The maximum atomic E-state index is 5.94. The predicted octanol–water partition coefficient (Wildman–Crippen LogP) is 3.87. The summed E-state index contributed by atoms with van der Waals surface area (Å²) in [7, 11) is 1.67. The van der Waals surface area contributed by atoms with Crippen molar-refractivity contribution in [1.82, 2.24) is 15.1 Å². The van der Waals surface area contributed by atoms with Gasteiger partial charge in [-0.15, -0.1) is 12.4 Å². The molecule has 2 heterocycles. The largest absolute Gasteiger partial charge is 0.493 e. The van der Waals surface area contributed by atoms with Crippen LogP contribution in [-0.2, 0) is 4.74 Å². The molecule has 2 aromatic carbocycles. The molecule has 0 atom stereocenters. The highest BCUT2D eigenvalue weighted by Crippen LogP contribution is 2.29. The number of ether oxygens (including phenoxy) is 3. The Morgan fingerprint density at radius 2 is 1.93 bits per heavy atom. The van der Waals surface area contributed by atoms with Crippen molar-refractivity contribution >= 4 is 35.5 Å². The molecular weight excluding hydrogens is 390 g/mol. The van der Waals surface area contributed by atoms with Gasteiger partial charge in [-0.2, -0.15) is 5.10 Å². The second-order valence-electron chi connectivity index (χ2n) is 6.70. The SMILES string of the molecule is COc1cc(/C=C/c2n[nH]c3ccccc23)ccc1OCCN1CCOCC1.Cl. The minimum atomic E-state index is 0. The number of benzene rings is 2. The highest BCUT2D eigenvalue weighted by Gasteiger charge is 2.11. The van der Waals surface area contributed by atoms with Crippen molar-refractivity contribution in [2.45, 2.75) is 0 Å². The molecule has 0 bridgehead atoms. The first kappa shape index (κ1) is 21.2. The Balaban J connectivity index is 0.00000240. The summed E-state index contributed by atoms with van der Waals surface area (Å²) in [6.07, 6.45) is 4.04. The monoisotopic (exact) mass is 415 g/mol. The second kappa shape index (κ2) is 10.3. The lowest BCUT2D eigenvalue weighted by Crippen LogP contribution is -2.38. The molecule has 1 fully saturated rings. The van der Waals surface area contributed by atoms with Crippen molar-refractivity contribution in [3.05, 3.63) is 53.7 Å². The number of nitrogens with zero attached hydrogens (tertiary/aromatic N) is 2. The first-order valence-corrected chi connectivity index (χ1v) is 9.55. The number of aromatic nitrogens is 2. The first-order valence-electron chi connectivity index (χ1n) is 9.55. The zero-order valence-electron chi connectivity index (χ0n) is 16.5. The summed E-state index contributed by atoms with van der Waals surface area (Å²) < 4.78 is 16.8. The van der Waals surface area contributed by atoms with Crippen molar-refractivity contribution < 1.29 is 14.2 Å².